The smallest absolute Gasteiger partial charge is 0.335 e. The molecule has 0 amide bonds. The molecule has 0 atom stereocenters. The molecule has 0 aromatic heterocycles. The predicted octanol–water partition coefficient (Wildman–Crippen LogP) is 2.14. The highest BCUT2D eigenvalue weighted by Gasteiger charge is 2.19. The first kappa shape index (κ1) is 16.7. The fourth-order valence-electron chi connectivity index (χ4n) is 1.67. The Bertz CT molecular complexity index is 575. The summed E-state index contributed by atoms with van der Waals surface area (Å²) in [5.74, 6) is -0.948. The Hall–Kier alpha value is -1.40. The minimum atomic E-state index is -3.53. The number of hydrogen-bond donors (Lipinski definition) is 1. The monoisotopic (exact) mass is 300 g/mol. The number of ether oxygens (including phenoxy) is 1. The number of rotatable bonds is 7. The van der Waals surface area contributed by atoms with E-state index in [1.54, 1.807) is 6.92 Å². The standard InChI is InChI=1S/C14H20O5S/c1-10(2)9-19-6-7-20(17,18)13-8-12(14(15)16)5-4-11(13)3/h4-5,8,10H,6-7,9H2,1-3H3,(H,15,16). The molecular formula is C14H20O5S. The fourth-order valence-corrected chi connectivity index (χ4v) is 3.09. The molecular weight excluding hydrogens is 280 g/mol. The van der Waals surface area contributed by atoms with E-state index >= 15 is 0 Å². The number of carbonyl (C=O) groups is 1. The van der Waals surface area contributed by atoms with Gasteiger partial charge in [-0.1, -0.05) is 19.9 Å². The SMILES string of the molecule is Cc1ccc(C(=O)O)cc1S(=O)(=O)CCOCC(C)C. The Labute approximate surface area is 119 Å². The first-order valence-electron chi connectivity index (χ1n) is 6.38. The first-order valence-corrected chi connectivity index (χ1v) is 8.03. The van der Waals surface area contributed by atoms with E-state index in [2.05, 4.69) is 0 Å². The van der Waals surface area contributed by atoms with Crippen LogP contribution in [0.15, 0.2) is 23.1 Å². The second kappa shape index (κ2) is 6.85. The molecule has 1 aromatic rings. The number of sulfone groups is 1. The van der Waals surface area contributed by atoms with E-state index in [-0.39, 0.29) is 22.8 Å². The van der Waals surface area contributed by atoms with Crippen molar-refractivity contribution in [3.63, 3.8) is 0 Å². The van der Waals surface area contributed by atoms with Gasteiger partial charge >= 0.3 is 5.97 Å². The maximum Gasteiger partial charge on any atom is 0.335 e. The Balaban J connectivity index is 2.86. The number of benzene rings is 1. The van der Waals surface area contributed by atoms with Crippen molar-refractivity contribution < 1.29 is 23.1 Å². The van der Waals surface area contributed by atoms with Crippen LogP contribution in [0.25, 0.3) is 0 Å². The van der Waals surface area contributed by atoms with Gasteiger partial charge in [0, 0.05) is 6.61 Å². The highest BCUT2D eigenvalue weighted by atomic mass is 32.2. The number of carboxylic acids is 1. The van der Waals surface area contributed by atoms with Crippen molar-refractivity contribution in [3.8, 4) is 0 Å². The predicted molar refractivity (Wildman–Crippen MR) is 75.8 cm³/mol. The molecule has 0 aliphatic carbocycles. The van der Waals surface area contributed by atoms with E-state index in [9.17, 15) is 13.2 Å². The van der Waals surface area contributed by atoms with Crippen LogP contribution < -0.4 is 0 Å². The van der Waals surface area contributed by atoms with Crippen molar-refractivity contribution in [1.82, 2.24) is 0 Å². The third-order valence-electron chi connectivity index (χ3n) is 2.72. The zero-order valence-corrected chi connectivity index (χ0v) is 12.7. The molecule has 5 nitrogen and oxygen atoms in total. The summed E-state index contributed by atoms with van der Waals surface area (Å²) in [5, 5.41) is 8.92. The summed E-state index contributed by atoms with van der Waals surface area (Å²) in [5.41, 5.74) is 0.510. The molecule has 1 aromatic carbocycles. The van der Waals surface area contributed by atoms with Gasteiger partial charge < -0.3 is 9.84 Å². The zero-order chi connectivity index (χ0) is 15.3. The Morgan fingerprint density at radius 3 is 2.55 bits per heavy atom. The number of aromatic carboxylic acids is 1. The second-order valence-electron chi connectivity index (χ2n) is 5.07. The van der Waals surface area contributed by atoms with Crippen LogP contribution in [0.4, 0.5) is 0 Å². The average molecular weight is 300 g/mol. The summed E-state index contributed by atoms with van der Waals surface area (Å²) in [6.07, 6.45) is 0. The van der Waals surface area contributed by atoms with Crippen LogP contribution in [-0.4, -0.2) is 38.5 Å². The van der Waals surface area contributed by atoms with Gasteiger partial charge in [0.1, 0.15) is 0 Å². The number of hydrogen-bond acceptors (Lipinski definition) is 4. The molecule has 0 aliphatic rings. The molecule has 0 aliphatic heterocycles. The lowest BCUT2D eigenvalue weighted by atomic mass is 10.1. The summed E-state index contributed by atoms with van der Waals surface area (Å²) in [6.45, 7) is 6.22. The number of aryl methyl sites for hydroxylation is 1. The van der Waals surface area contributed by atoms with E-state index < -0.39 is 15.8 Å². The van der Waals surface area contributed by atoms with Crippen LogP contribution >= 0.6 is 0 Å². The molecule has 6 heteroatoms. The first-order chi connectivity index (χ1) is 9.24. The lowest BCUT2D eigenvalue weighted by Crippen LogP contribution is -2.16. The molecule has 1 rings (SSSR count). The molecule has 0 saturated heterocycles. The van der Waals surface area contributed by atoms with Crippen molar-refractivity contribution in [2.24, 2.45) is 5.92 Å². The molecule has 0 bridgehead atoms. The summed E-state index contributed by atoms with van der Waals surface area (Å²) in [6, 6.07) is 4.10. The van der Waals surface area contributed by atoms with Gasteiger partial charge in [-0.15, -0.1) is 0 Å². The van der Waals surface area contributed by atoms with Gasteiger partial charge in [0.2, 0.25) is 0 Å². The molecule has 112 valence electrons. The Morgan fingerprint density at radius 1 is 1.35 bits per heavy atom. The van der Waals surface area contributed by atoms with Gasteiger partial charge in [0.25, 0.3) is 0 Å². The van der Waals surface area contributed by atoms with Gasteiger partial charge in [-0.3, -0.25) is 0 Å². The van der Waals surface area contributed by atoms with Crippen LogP contribution in [0.2, 0.25) is 0 Å². The van der Waals surface area contributed by atoms with Crippen molar-refractivity contribution >= 4 is 15.8 Å². The average Bonchev–Trinajstić information content (AvgIpc) is 2.34. The topological polar surface area (TPSA) is 80.7 Å². The van der Waals surface area contributed by atoms with Crippen LogP contribution in [-0.2, 0) is 14.6 Å². The molecule has 20 heavy (non-hydrogen) atoms. The van der Waals surface area contributed by atoms with E-state index in [0.29, 0.717) is 18.1 Å². The summed E-state index contributed by atoms with van der Waals surface area (Å²) in [7, 11) is -3.53. The Morgan fingerprint density at radius 2 is 2.00 bits per heavy atom. The van der Waals surface area contributed by atoms with Crippen molar-refractivity contribution in [3.05, 3.63) is 29.3 Å². The molecule has 0 radical (unpaired) electrons. The highest BCUT2D eigenvalue weighted by Crippen LogP contribution is 2.18. The summed E-state index contributed by atoms with van der Waals surface area (Å²) < 4.78 is 29.7. The van der Waals surface area contributed by atoms with Crippen molar-refractivity contribution in [2.45, 2.75) is 25.7 Å². The van der Waals surface area contributed by atoms with Gasteiger partial charge in [0.05, 0.1) is 22.8 Å². The van der Waals surface area contributed by atoms with Gasteiger partial charge in [-0.05, 0) is 30.5 Å². The maximum atomic E-state index is 12.2. The molecule has 0 heterocycles. The highest BCUT2D eigenvalue weighted by molar-refractivity contribution is 7.91. The summed E-state index contributed by atoms with van der Waals surface area (Å²) in [4.78, 5) is 11.0. The van der Waals surface area contributed by atoms with Crippen LogP contribution in [0.1, 0.15) is 29.8 Å². The van der Waals surface area contributed by atoms with E-state index in [1.807, 2.05) is 13.8 Å². The van der Waals surface area contributed by atoms with E-state index in [4.69, 9.17) is 9.84 Å². The Kier molecular flexibility index (Phi) is 5.71. The van der Waals surface area contributed by atoms with Crippen LogP contribution in [0.5, 0.6) is 0 Å². The normalized spacial score (nSPS) is 11.8. The zero-order valence-electron chi connectivity index (χ0n) is 11.9. The fraction of sp³-hybridized carbons (Fsp3) is 0.500. The third kappa shape index (κ3) is 4.61. The van der Waals surface area contributed by atoms with Gasteiger partial charge in [0.15, 0.2) is 9.84 Å². The molecule has 1 N–H and O–H groups in total. The minimum absolute atomic E-state index is 0.0303. The molecule has 0 fully saturated rings. The molecule has 0 spiro atoms. The van der Waals surface area contributed by atoms with E-state index in [1.165, 1.54) is 18.2 Å². The van der Waals surface area contributed by atoms with Crippen LogP contribution in [0.3, 0.4) is 0 Å². The van der Waals surface area contributed by atoms with Crippen molar-refractivity contribution in [1.29, 1.82) is 0 Å². The maximum absolute atomic E-state index is 12.2. The molecule has 0 unspecified atom stereocenters. The quantitative estimate of drug-likeness (QED) is 0.780. The largest absolute Gasteiger partial charge is 0.478 e. The van der Waals surface area contributed by atoms with Gasteiger partial charge in [-0.2, -0.15) is 0 Å². The second-order valence-corrected chi connectivity index (χ2v) is 7.15. The third-order valence-corrected chi connectivity index (χ3v) is 4.53. The van der Waals surface area contributed by atoms with Crippen LogP contribution in [0, 0.1) is 12.8 Å². The summed E-state index contributed by atoms with van der Waals surface area (Å²) >= 11 is 0. The lowest BCUT2D eigenvalue weighted by Gasteiger charge is -2.10. The molecule has 0 saturated carbocycles. The van der Waals surface area contributed by atoms with E-state index in [0.717, 1.165) is 0 Å². The minimum Gasteiger partial charge on any atom is -0.478 e. The van der Waals surface area contributed by atoms with Crippen molar-refractivity contribution in [2.75, 3.05) is 19.0 Å². The van der Waals surface area contributed by atoms with Gasteiger partial charge in [-0.25, -0.2) is 13.2 Å². The lowest BCUT2D eigenvalue weighted by molar-refractivity contribution is 0.0696. The number of carboxylic acid groups (broad SMARTS) is 1.